The van der Waals surface area contributed by atoms with Crippen LogP contribution in [-0.2, 0) is 0 Å². The minimum atomic E-state index is 0.454. The highest BCUT2D eigenvalue weighted by Gasteiger charge is 2.16. The summed E-state index contributed by atoms with van der Waals surface area (Å²) in [6, 6.07) is 9.55. The first kappa shape index (κ1) is 16.1. The molecule has 23 heavy (non-hydrogen) atoms. The third kappa shape index (κ3) is 3.44. The second kappa shape index (κ2) is 7.21. The van der Waals surface area contributed by atoms with Crippen LogP contribution in [0.3, 0.4) is 0 Å². The standard InChI is InChI=1S/C18H17Cl2N3/c19-16-7-5-6-14(18(16)20)15-12-22-17(10-13(15)11-21)23-8-3-1-2-4-9-23/h5-7,10,12H,1-4,8-9H2. The van der Waals surface area contributed by atoms with Crippen molar-refractivity contribution in [2.24, 2.45) is 0 Å². The van der Waals surface area contributed by atoms with Crippen LogP contribution in [0.1, 0.15) is 31.2 Å². The van der Waals surface area contributed by atoms with Crippen molar-refractivity contribution in [2.75, 3.05) is 18.0 Å². The van der Waals surface area contributed by atoms with Gasteiger partial charge in [0.2, 0.25) is 0 Å². The number of anilines is 1. The minimum absolute atomic E-state index is 0.454. The first-order valence-electron chi connectivity index (χ1n) is 7.80. The molecule has 1 aliphatic heterocycles. The molecule has 1 fully saturated rings. The van der Waals surface area contributed by atoms with Gasteiger partial charge in [0.05, 0.1) is 21.7 Å². The van der Waals surface area contributed by atoms with Gasteiger partial charge in [-0.1, -0.05) is 48.2 Å². The molecule has 0 unspecified atom stereocenters. The lowest BCUT2D eigenvalue weighted by atomic mass is 10.0. The van der Waals surface area contributed by atoms with Crippen LogP contribution in [0.25, 0.3) is 11.1 Å². The first-order valence-corrected chi connectivity index (χ1v) is 8.56. The van der Waals surface area contributed by atoms with E-state index in [1.165, 1.54) is 25.7 Å². The molecule has 0 aliphatic carbocycles. The van der Waals surface area contributed by atoms with Gasteiger partial charge in [-0.05, 0) is 25.0 Å². The van der Waals surface area contributed by atoms with Crippen molar-refractivity contribution in [2.45, 2.75) is 25.7 Å². The van der Waals surface area contributed by atoms with Gasteiger partial charge in [-0.2, -0.15) is 5.26 Å². The summed E-state index contributed by atoms with van der Waals surface area (Å²) >= 11 is 12.4. The minimum Gasteiger partial charge on any atom is -0.357 e. The van der Waals surface area contributed by atoms with E-state index in [1.54, 1.807) is 12.3 Å². The van der Waals surface area contributed by atoms with Crippen molar-refractivity contribution < 1.29 is 0 Å². The Hall–Kier alpha value is -1.76. The number of rotatable bonds is 2. The lowest BCUT2D eigenvalue weighted by Gasteiger charge is -2.22. The van der Waals surface area contributed by atoms with E-state index in [0.29, 0.717) is 15.6 Å². The topological polar surface area (TPSA) is 39.9 Å². The number of hydrogen-bond donors (Lipinski definition) is 0. The van der Waals surface area contributed by atoms with Gasteiger partial charge in [-0.3, -0.25) is 0 Å². The fraction of sp³-hybridized carbons (Fsp3) is 0.333. The van der Waals surface area contributed by atoms with Crippen molar-refractivity contribution in [1.29, 1.82) is 5.26 Å². The molecule has 0 amide bonds. The maximum atomic E-state index is 9.55. The Labute approximate surface area is 146 Å². The summed E-state index contributed by atoms with van der Waals surface area (Å²) in [7, 11) is 0. The van der Waals surface area contributed by atoms with E-state index >= 15 is 0 Å². The Morgan fingerprint density at radius 3 is 2.48 bits per heavy atom. The molecule has 0 spiro atoms. The Morgan fingerprint density at radius 2 is 1.78 bits per heavy atom. The van der Waals surface area contributed by atoms with Crippen molar-refractivity contribution in [3.8, 4) is 17.2 Å². The zero-order chi connectivity index (χ0) is 16.2. The first-order chi connectivity index (χ1) is 11.2. The number of nitrogens with zero attached hydrogens (tertiary/aromatic N) is 3. The lowest BCUT2D eigenvalue weighted by Crippen LogP contribution is -2.24. The van der Waals surface area contributed by atoms with E-state index in [2.05, 4.69) is 16.0 Å². The zero-order valence-electron chi connectivity index (χ0n) is 12.7. The van der Waals surface area contributed by atoms with E-state index in [1.807, 2.05) is 18.2 Å². The number of benzene rings is 1. The molecule has 0 N–H and O–H groups in total. The summed E-state index contributed by atoms with van der Waals surface area (Å²) < 4.78 is 0. The molecule has 1 aromatic carbocycles. The van der Waals surface area contributed by atoms with Crippen molar-refractivity contribution in [3.63, 3.8) is 0 Å². The van der Waals surface area contributed by atoms with E-state index in [-0.39, 0.29) is 0 Å². The van der Waals surface area contributed by atoms with Gasteiger partial charge in [-0.15, -0.1) is 0 Å². The van der Waals surface area contributed by atoms with Gasteiger partial charge >= 0.3 is 0 Å². The highest BCUT2D eigenvalue weighted by Crippen LogP contribution is 2.35. The molecule has 0 saturated carbocycles. The third-order valence-corrected chi connectivity index (χ3v) is 5.00. The van der Waals surface area contributed by atoms with Crippen LogP contribution in [-0.4, -0.2) is 18.1 Å². The Balaban J connectivity index is 2.00. The smallest absolute Gasteiger partial charge is 0.129 e. The quantitative estimate of drug-likeness (QED) is 0.740. The average Bonchev–Trinajstić information content (AvgIpc) is 2.86. The van der Waals surface area contributed by atoms with Gasteiger partial charge in [0.15, 0.2) is 0 Å². The molecule has 1 aromatic heterocycles. The van der Waals surface area contributed by atoms with E-state index < -0.39 is 0 Å². The molecule has 3 nitrogen and oxygen atoms in total. The van der Waals surface area contributed by atoms with Crippen molar-refractivity contribution in [3.05, 3.63) is 46.1 Å². The number of halogens is 2. The predicted octanol–water partition coefficient (Wildman–Crippen LogP) is 5.31. The summed E-state index contributed by atoms with van der Waals surface area (Å²) in [6.07, 6.45) is 6.60. The van der Waals surface area contributed by atoms with Crippen LogP contribution >= 0.6 is 23.2 Å². The molecular weight excluding hydrogens is 329 g/mol. The van der Waals surface area contributed by atoms with Gasteiger partial charge in [0.1, 0.15) is 5.82 Å². The highest BCUT2D eigenvalue weighted by molar-refractivity contribution is 6.43. The Morgan fingerprint density at radius 1 is 1.04 bits per heavy atom. The summed E-state index contributed by atoms with van der Waals surface area (Å²) in [5, 5.41) is 10.5. The number of pyridine rings is 1. The second-order valence-electron chi connectivity index (χ2n) is 5.70. The lowest BCUT2D eigenvalue weighted by molar-refractivity contribution is 0.726. The van der Waals surface area contributed by atoms with Crippen LogP contribution < -0.4 is 4.90 Å². The fourth-order valence-electron chi connectivity index (χ4n) is 2.94. The molecule has 118 valence electrons. The maximum Gasteiger partial charge on any atom is 0.129 e. The molecular formula is C18H17Cl2N3. The summed E-state index contributed by atoms with van der Waals surface area (Å²) in [6.45, 7) is 1.99. The summed E-state index contributed by atoms with van der Waals surface area (Å²) in [5.41, 5.74) is 2.03. The van der Waals surface area contributed by atoms with Crippen molar-refractivity contribution in [1.82, 2.24) is 4.98 Å². The van der Waals surface area contributed by atoms with Crippen molar-refractivity contribution >= 4 is 29.0 Å². The summed E-state index contributed by atoms with van der Waals surface area (Å²) in [5.74, 6) is 0.866. The molecule has 0 bridgehead atoms. The van der Waals surface area contributed by atoms with E-state index in [0.717, 1.165) is 30.0 Å². The fourth-order valence-corrected chi connectivity index (χ4v) is 3.34. The number of hydrogen-bond acceptors (Lipinski definition) is 3. The normalized spacial score (nSPS) is 15.1. The largest absolute Gasteiger partial charge is 0.357 e. The third-order valence-electron chi connectivity index (χ3n) is 4.18. The zero-order valence-corrected chi connectivity index (χ0v) is 14.2. The Bertz CT molecular complexity index is 744. The van der Waals surface area contributed by atoms with E-state index in [4.69, 9.17) is 23.2 Å². The highest BCUT2D eigenvalue weighted by atomic mass is 35.5. The Kier molecular flexibility index (Phi) is 5.05. The monoisotopic (exact) mass is 345 g/mol. The molecule has 5 heteroatoms. The average molecular weight is 346 g/mol. The molecule has 2 aromatic rings. The molecule has 1 saturated heterocycles. The van der Waals surface area contributed by atoms with Crippen LogP contribution in [0.15, 0.2) is 30.5 Å². The van der Waals surface area contributed by atoms with Gasteiger partial charge in [0, 0.05) is 30.4 Å². The molecule has 1 aliphatic rings. The molecule has 2 heterocycles. The van der Waals surface area contributed by atoms with E-state index in [9.17, 15) is 5.26 Å². The van der Waals surface area contributed by atoms with Crippen LogP contribution in [0.4, 0.5) is 5.82 Å². The summed E-state index contributed by atoms with van der Waals surface area (Å²) in [4.78, 5) is 6.83. The maximum absolute atomic E-state index is 9.55. The predicted molar refractivity (Wildman–Crippen MR) is 95.1 cm³/mol. The molecule has 3 rings (SSSR count). The van der Waals surface area contributed by atoms with Gasteiger partial charge < -0.3 is 4.90 Å². The molecule has 0 radical (unpaired) electrons. The van der Waals surface area contributed by atoms with Crippen LogP contribution in [0.5, 0.6) is 0 Å². The SMILES string of the molecule is N#Cc1cc(N2CCCCCC2)ncc1-c1cccc(Cl)c1Cl. The van der Waals surface area contributed by atoms with Gasteiger partial charge in [-0.25, -0.2) is 4.98 Å². The second-order valence-corrected chi connectivity index (χ2v) is 6.49. The number of aromatic nitrogens is 1. The van der Waals surface area contributed by atoms with Gasteiger partial charge in [0.25, 0.3) is 0 Å². The molecule has 0 atom stereocenters. The van der Waals surface area contributed by atoms with Crippen LogP contribution in [0, 0.1) is 11.3 Å². The number of nitriles is 1. The van der Waals surface area contributed by atoms with Crippen LogP contribution in [0.2, 0.25) is 10.0 Å².